The van der Waals surface area contributed by atoms with Crippen molar-refractivity contribution in [2.24, 2.45) is 0 Å². The third-order valence-electron chi connectivity index (χ3n) is 3.08. The fourth-order valence-electron chi connectivity index (χ4n) is 1.92. The number of anilines is 1. The maximum Gasteiger partial charge on any atom is 0.417 e. The van der Waals surface area contributed by atoms with Crippen molar-refractivity contribution in [1.82, 2.24) is 9.97 Å². The minimum absolute atomic E-state index is 0.00653. The third kappa shape index (κ3) is 4.59. The fourth-order valence-corrected chi connectivity index (χ4v) is 4.15. The van der Waals surface area contributed by atoms with E-state index >= 15 is 0 Å². The van der Waals surface area contributed by atoms with Crippen molar-refractivity contribution in [1.29, 1.82) is 0 Å². The van der Waals surface area contributed by atoms with Gasteiger partial charge in [0.05, 0.1) is 26.6 Å². The van der Waals surface area contributed by atoms with Gasteiger partial charge in [0.25, 0.3) is 0 Å². The summed E-state index contributed by atoms with van der Waals surface area (Å²) in [5.41, 5.74) is -0.249. The summed E-state index contributed by atoms with van der Waals surface area (Å²) >= 11 is 14.3. The SMILES string of the molecule is O=C(CSc1nc2cc(Cl)ccc2s1)Nc1ncc(C(F)(F)F)cc1Cl. The van der Waals surface area contributed by atoms with Crippen LogP contribution in [0.25, 0.3) is 10.2 Å². The second-order valence-corrected chi connectivity index (χ2v) is 8.08. The Labute approximate surface area is 163 Å². The first kappa shape index (κ1) is 19.2. The molecule has 1 N–H and O–H groups in total. The molecular weight excluding hydrogens is 430 g/mol. The lowest BCUT2D eigenvalue weighted by Gasteiger charge is -2.09. The standard InChI is InChI=1S/C15H8Cl2F3N3OS2/c16-8-1-2-11-10(4-8)22-14(26-11)25-6-12(24)23-13-9(17)3-7(5-21-13)15(18,19)20/h1-5H,6H2,(H,21,23,24). The summed E-state index contributed by atoms with van der Waals surface area (Å²) in [6.45, 7) is 0. The number of alkyl halides is 3. The Morgan fingerprint density at radius 1 is 1.27 bits per heavy atom. The number of aromatic nitrogens is 2. The lowest BCUT2D eigenvalue weighted by Crippen LogP contribution is -2.16. The molecule has 0 aliphatic carbocycles. The molecule has 3 aromatic rings. The minimum atomic E-state index is -4.55. The topological polar surface area (TPSA) is 54.9 Å². The normalized spacial score (nSPS) is 11.7. The average Bonchev–Trinajstić information content (AvgIpc) is 2.96. The zero-order chi connectivity index (χ0) is 18.9. The minimum Gasteiger partial charge on any atom is -0.309 e. The van der Waals surface area contributed by atoms with Crippen molar-refractivity contribution >= 4 is 68.2 Å². The molecule has 136 valence electrons. The molecule has 11 heteroatoms. The van der Waals surface area contributed by atoms with Crippen LogP contribution in [0.3, 0.4) is 0 Å². The van der Waals surface area contributed by atoms with Crippen molar-refractivity contribution in [2.45, 2.75) is 10.5 Å². The van der Waals surface area contributed by atoms with Crippen molar-refractivity contribution in [3.63, 3.8) is 0 Å². The van der Waals surface area contributed by atoms with Crippen LogP contribution < -0.4 is 5.32 Å². The zero-order valence-corrected chi connectivity index (χ0v) is 15.7. The van der Waals surface area contributed by atoms with E-state index in [1.54, 1.807) is 12.1 Å². The molecule has 0 saturated heterocycles. The lowest BCUT2D eigenvalue weighted by atomic mass is 10.3. The summed E-state index contributed by atoms with van der Waals surface area (Å²) in [6, 6.07) is 6.03. The second-order valence-electron chi connectivity index (χ2n) is 4.98. The fraction of sp³-hybridized carbons (Fsp3) is 0.133. The molecule has 2 aromatic heterocycles. The first-order valence-corrected chi connectivity index (χ1v) is 9.49. The van der Waals surface area contributed by atoms with Gasteiger partial charge >= 0.3 is 6.18 Å². The molecular formula is C15H8Cl2F3N3OS2. The number of hydrogen-bond acceptors (Lipinski definition) is 5. The van der Waals surface area contributed by atoms with E-state index in [0.717, 1.165) is 10.2 Å². The van der Waals surface area contributed by atoms with E-state index in [9.17, 15) is 18.0 Å². The molecule has 0 saturated carbocycles. The van der Waals surface area contributed by atoms with Gasteiger partial charge in [0.1, 0.15) is 0 Å². The van der Waals surface area contributed by atoms with Gasteiger partial charge in [-0.15, -0.1) is 11.3 Å². The van der Waals surface area contributed by atoms with Crippen LogP contribution in [-0.2, 0) is 11.0 Å². The number of thiazole rings is 1. The predicted molar refractivity (Wildman–Crippen MR) is 98.2 cm³/mol. The molecule has 0 fully saturated rings. The van der Waals surface area contributed by atoms with Gasteiger partial charge in [-0.2, -0.15) is 13.2 Å². The number of thioether (sulfide) groups is 1. The quantitative estimate of drug-likeness (QED) is 0.528. The van der Waals surface area contributed by atoms with E-state index in [2.05, 4.69) is 15.3 Å². The molecule has 0 unspecified atom stereocenters. The van der Waals surface area contributed by atoms with Crippen LogP contribution in [0.4, 0.5) is 19.0 Å². The molecule has 0 atom stereocenters. The second kappa shape index (κ2) is 7.59. The van der Waals surface area contributed by atoms with Crippen molar-refractivity contribution in [3.05, 3.63) is 46.1 Å². The number of halogens is 5. The van der Waals surface area contributed by atoms with Gasteiger partial charge in [-0.25, -0.2) is 9.97 Å². The molecule has 4 nitrogen and oxygen atoms in total. The van der Waals surface area contributed by atoms with Gasteiger partial charge in [-0.1, -0.05) is 35.0 Å². The summed E-state index contributed by atoms with van der Waals surface area (Å²) in [5.74, 6) is -0.574. The summed E-state index contributed by atoms with van der Waals surface area (Å²) < 4.78 is 39.3. The summed E-state index contributed by atoms with van der Waals surface area (Å²) in [4.78, 5) is 19.9. The van der Waals surface area contributed by atoms with E-state index < -0.39 is 17.6 Å². The first-order chi connectivity index (χ1) is 12.2. The number of nitrogens with one attached hydrogen (secondary N) is 1. The monoisotopic (exact) mass is 437 g/mol. The highest BCUT2D eigenvalue weighted by molar-refractivity contribution is 8.01. The van der Waals surface area contributed by atoms with Crippen LogP contribution in [0.15, 0.2) is 34.8 Å². The highest BCUT2D eigenvalue weighted by Gasteiger charge is 2.31. The first-order valence-electron chi connectivity index (χ1n) is 6.94. The Hall–Kier alpha value is -1.55. The Balaban J connectivity index is 1.63. The molecule has 3 rings (SSSR count). The third-order valence-corrected chi connectivity index (χ3v) is 5.79. The number of benzene rings is 1. The van der Waals surface area contributed by atoms with Crippen molar-refractivity contribution in [3.8, 4) is 0 Å². The number of rotatable bonds is 4. The number of amides is 1. The lowest BCUT2D eigenvalue weighted by molar-refractivity contribution is -0.137. The van der Waals surface area contributed by atoms with Crippen molar-refractivity contribution in [2.75, 3.05) is 11.1 Å². The van der Waals surface area contributed by atoms with E-state index in [4.69, 9.17) is 23.2 Å². The van der Waals surface area contributed by atoms with Crippen LogP contribution in [0.1, 0.15) is 5.56 Å². The number of carbonyl (C=O) groups excluding carboxylic acids is 1. The summed E-state index contributed by atoms with van der Waals surface area (Å²) in [7, 11) is 0. The molecule has 1 amide bonds. The van der Waals surface area contributed by atoms with Gasteiger partial charge in [0, 0.05) is 11.2 Å². The maximum absolute atomic E-state index is 12.6. The summed E-state index contributed by atoms with van der Waals surface area (Å²) in [6.07, 6.45) is -3.93. The van der Waals surface area contributed by atoms with Gasteiger partial charge in [0.15, 0.2) is 10.2 Å². The average molecular weight is 438 g/mol. The maximum atomic E-state index is 12.6. The molecule has 0 bridgehead atoms. The van der Waals surface area contributed by atoms with Crippen molar-refractivity contribution < 1.29 is 18.0 Å². The van der Waals surface area contributed by atoms with E-state index in [-0.39, 0.29) is 16.6 Å². The number of hydrogen-bond donors (Lipinski definition) is 1. The Bertz CT molecular complexity index is 978. The Morgan fingerprint density at radius 3 is 2.73 bits per heavy atom. The van der Waals surface area contributed by atoms with E-state index in [1.807, 2.05) is 6.07 Å². The van der Waals surface area contributed by atoms with Crippen LogP contribution in [0, 0.1) is 0 Å². The Kier molecular flexibility index (Phi) is 5.61. The van der Waals surface area contributed by atoms with Crippen LogP contribution in [-0.4, -0.2) is 21.6 Å². The highest BCUT2D eigenvalue weighted by atomic mass is 35.5. The van der Waals surface area contributed by atoms with E-state index in [1.165, 1.54) is 23.1 Å². The van der Waals surface area contributed by atoms with Gasteiger partial charge < -0.3 is 5.32 Å². The van der Waals surface area contributed by atoms with Crippen LogP contribution in [0.5, 0.6) is 0 Å². The van der Waals surface area contributed by atoms with Gasteiger partial charge in [-0.3, -0.25) is 4.79 Å². The predicted octanol–water partition coefficient (Wildman–Crippen LogP) is 5.75. The number of carbonyl (C=O) groups is 1. The Morgan fingerprint density at radius 2 is 2.04 bits per heavy atom. The molecule has 1 aromatic carbocycles. The molecule has 0 spiro atoms. The number of pyridine rings is 1. The highest BCUT2D eigenvalue weighted by Crippen LogP contribution is 2.33. The number of fused-ring (bicyclic) bond motifs is 1. The largest absolute Gasteiger partial charge is 0.417 e. The van der Waals surface area contributed by atoms with Crippen LogP contribution >= 0.6 is 46.3 Å². The van der Waals surface area contributed by atoms with E-state index in [0.29, 0.717) is 21.6 Å². The number of nitrogens with zero attached hydrogens (tertiary/aromatic N) is 2. The van der Waals surface area contributed by atoms with Gasteiger partial charge in [0.2, 0.25) is 5.91 Å². The van der Waals surface area contributed by atoms with Gasteiger partial charge in [-0.05, 0) is 24.3 Å². The zero-order valence-electron chi connectivity index (χ0n) is 12.6. The summed E-state index contributed by atoms with van der Waals surface area (Å²) in [5, 5.41) is 2.67. The molecule has 2 heterocycles. The molecule has 26 heavy (non-hydrogen) atoms. The van der Waals surface area contributed by atoms with Crippen LogP contribution in [0.2, 0.25) is 10.0 Å². The smallest absolute Gasteiger partial charge is 0.309 e. The molecule has 0 aliphatic rings. The molecule has 0 aliphatic heterocycles. The molecule has 0 radical (unpaired) electrons.